The summed E-state index contributed by atoms with van der Waals surface area (Å²) in [4.78, 5) is 2.61. The maximum atomic E-state index is 3.52. The third-order valence-electron chi connectivity index (χ3n) is 3.65. The van der Waals surface area contributed by atoms with Gasteiger partial charge in [0.1, 0.15) is 0 Å². The van der Waals surface area contributed by atoms with Gasteiger partial charge in [0.2, 0.25) is 0 Å². The maximum absolute atomic E-state index is 3.52. The maximum Gasteiger partial charge on any atom is 0.0273 e. The monoisotopic (exact) mass is 310 g/mol. The Morgan fingerprint density at radius 2 is 1.94 bits per heavy atom. The van der Waals surface area contributed by atoms with E-state index in [4.69, 9.17) is 0 Å². The van der Waals surface area contributed by atoms with Crippen molar-refractivity contribution in [3.63, 3.8) is 0 Å². The van der Waals surface area contributed by atoms with Gasteiger partial charge in [0, 0.05) is 36.7 Å². The van der Waals surface area contributed by atoms with E-state index in [1.54, 1.807) is 0 Å². The molecule has 0 aliphatic carbocycles. The van der Waals surface area contributed by atoms with Crippen molar-refractivity contribution in [1.29, 1.82) is 0 Å². The molecule has 1 atom stereocenters. The molecule has 0 aromatic heterocycles. The highest BCUT2D eigenvalue weighted by molar-refractivity contribution is 9.10. The Balaban J connectivity index is 2.08. The predicted molar refractivity (Wildman–Crippen MR) is 80.7 cm³/mol. The number of piperazine rings is 1. The third kappa shape index (κ3) is 3.56. The standard InChI is InChI=1S/C15H23BrN2/c1-15(2,3)14-10-17-8-9-18(14)11-12-4-6-13(16)7-5-12/h4-7,14,17H,8-11H2,1-3H3. The quantitative estimate of drug-likeness (QED) is 0.902. The molecule has 2 rings (SSSR count). The van der Waals surface area contributed by atoms with Crippen molar-refractivity contribution in [2.75, 3.05) is 19.6 Å². The van der Waals surface area contributed by atoms with Crippen LogP contribution in [-0.4, -0.2) is 30.6 Å². The highest BCUT2D eigenvalue weighted by atomic mass is 79.9. The summed E-state index contributed by atoms with van der Waals surface area (Å²) < 4.78 is 1.15. The number of hydrogen-bond donors (Lipinski definition) is 1. The van der Waals surface area contributed by atoms with Gasteiger partial charge in [0.15, 0.2) is 0 Å². The van der Waals surface area contributed by atoms with Crippen molar-refractivity contribution < 1.29 is 0 Å². The second kappa shape index (κ2) is 5.72. The number of halogens is 1. The van der Waals surface area contributed by atoms with E-state index in [0.717, 1.165) is 30.7 Å². The molecule has 18 heavy (non-hydrogen) atoms. The Hall–Kier alpha value is -0.380. The number of nitrogens with zero attached hydrogens (tertiary/aromatic N) is 1. The second-order valence-electron chi connectivity index (χ2n) is 6.18. The van der Waals surface area contributed by atoms with Gasteiger partial charge in [-0.1, -0.05) is 48.8 Å². The Morgan fingerprint density at radius 3 is 2.56 bits per heavy atom. The van der Waals surface area contributed by atoms with Crippen LogP contribution in [-0.2, 0) is 6.54 Å². The summed E-state index contributed by atoms with van der Waals surface area (Å²) in [6, 6.07) is 9.29. The lowest BCUT2D eigenvalue weighted by Gasteiger charge is -2.43. The van der Waals surface area contributed by atoms with Crippen molar-refractivity contribution in [2.45, 2.75) is 33.4 Å². The second-order valence-corrected chi connectivity index (χ2v) is 7.10. The molecule has 1 aromatic rings. The zero-order valence-electron chi connectivity index (χ0n) is 11.5. The van der Waals surface area contributed by atoms with Gasteiger partial charge in [0.25, 0.3) is 0 Å². The van der Waals surface area contributed by atoms with Crippen LogP contribution in [0.4, 0.5) is 0 Å². The number of nitrogens with one attached hydrogen (secondary N) is 1. The minimum absolute atomic E-state index is 0.322. The Kier molecular flexibility index (Phi) is 4.46. The fourth-order valence-corrected chi connectivity index (χ4v) is 2.88. The van der Waals surface area contributed by atoms with Crippen LogP contribution in [0.15, 0.2) is 28.7 Å². The molecule has 0 radical (unpaired) electrons. The molecular weight excluding hydrogens is 288 g/mol. The van der Waals surface area contributed by atoms with Gasteiger partial charge in [-0.25, -0.2) is 0 Å². The van der Waals surface area contributed by atoms with Crippen molar-refractivity contribution in [1.82, 2.24) is 10.2 Å². The fourth-order valence-electron chi connectivity index (χ4n) is 2.61. The van der Waals surface area contributed by atoms with Crippen molar-refractivity contribution in [3.05, 3.63) is 34.3 Å². The van der Waals surface area contributed by atoms with E-state index in [1.165, 1.54) is 5.56 Å². The Labute approximate surface area is 119 Å². The normalized spacial score (nSPS) is 22.1. The van der Waals surface area contributed by atoms with Gasteiger partial charge in [-0.05, 0) is 23.1 Å². The van der Waals surface area contributed by atoms with Crippen LogP contribution >= 0.6 is 15.9 Å². The first kappa shape index (κ1) is 14.0. The minimum Gasteiger partial charge on any atom is -0.314 e. The summed E-state index contributed by atoms with van der Waals surface area (Å²) in [6.45, 7) is 11.4. The van der Waals surface area contributed by atoms with Crippen LogP contribution in [0.1, 0.15) is 26.3 Å². The van der Waals surface area contributed by atoms with E-state index in [9.17, 15) is 0 Å². The fraction of sp³-hybridized carbons (Fsp3) is 0.600. The molecule has 3 heteroatoms. The SMILES string of the molecule is CC(C)(C)C1CNCCN1Cc1ccc(Br)cc1. The molecule has 1 saturated heterocycles. The van der Waals surface area contributed by atoms with Crippen LogP contribution < -0.4 is 5.32 Å². The lowest BCUT2D eigenvalue weighted by Crippen LogP contribution is -2.56. The van der Waals surface area contributed by atoms with Crippen LogP contribution in [0, 0.1) is 5.41 Å². The Morgan fingerprint density at radius 1 is 1.28 bits per heavy atom. The zero-order valence-corrected chi connectivity index (χ0v) is 13.1. The van der Waals surface area contributed by atoms with Gasteiger partial charge in [0.05, 0.1) is 0 Å². The number of rotatable bonds is 2. The highest BCUT2D eigenvalue weighted by Crippen LogP contribution is 2.26. The van der Waals surface area contributed by atoms with E-state index in [-0.39, 0.29) is 0 Å². The third-order valence-corrected chi connectivity index (χ3v) is 4.18. The summed E-state index contributed by atoms with van der Waals surface area (Å²) in [5, 5.41) is 3.52. The highest BCUT2D eigenvalue weighted by Gasteiger charge is 2.32. The lowest BCUT2D eigenvalue weighted by molar-refractivity contribution is 0.0689. The van der Waals surface area contributed by atoms with E-state index >= 15 is 0 Å². The summed E-state index contributed by atoms with van der Waals surface area (Å²) in [7, 11) is 0. The number of benzene rings is 1. The van der Waals surface area contributed by atoms with Crippen LogP contribution in [0.2, 0.25) is 0 Å². The lowest BCUT2D eigenvalue weighted by atomic mass is 9.84. The van der Waals surface area contributed by atoms with Crippen molar-refractivity contribution >= 4 is 15.9 Å². The van der Waals surface area contributed by atoms with E-state index in [2.05, 4.69) is 71.2 Å². The molecule has 0 saturated carbocycles. The number of hydrogen-bond acceptors (Lipinski definition) is 2. The van der Waals surface area contributed by atoms with Gasteiger partial charge in [-0.3, -0.25) is 4.90 Å². The first-order valence-corrected chi connectivity index (χ1v) is 7.45. The predicted octanol–water partition coefficient (Wildman–Crippen LogP) is 3.27. The molecule has 1 aromatic carbocycles. The molecule has 2 nitrogen and oxygen atoms in total. The smallest absolute Gasteiger partial charge is 0.0273 e. The average Bonchev–Trinajstić information content (AvgIpc) is 2.31. The van der Waals surface area contributed by atoms with Gasteiger partial charge in [-0.15, -0.1) is 0 Å². The molecule has 0 amide bonds. The van der Waals surface area contributed by atoms with Crippen LogP contribution in [0.3, 0.4) is 0 Å². The minimum atomic E-state index is 0.322. The average molecular weight is 311 g/mol. The first-order valence-electron chi connectivity index (χ1n) is 6.66. The van der Waals surface area contributed by atoms with Crippen molar-refractivity contribution in [2.24, 2.45) is 5.41 Å². The van der Waals surface area contributed by atoms with Crippen LogP contribution in [0.5, 0.6) is 0 Å². The molecule has 100 valence electrons. The summed E-state index contributed by atoms with van der Waals surface area (Å²) in [6.07, 6.45) is 0. The zero-order chi connectivity index (χ0) is 13.2. The first-order chi connectivity index (χ1) is 8.47. The Bertz CT molecular complexity index is 380. The molecule has 1 N–H and O–H groups in total. The van der Waals surface area contributed by atoms with E-state index in [1.807, 2.05) is 0 Å². The molecular formula is C15H23BrN2. The summed E-state index contributed by atoms with van der Waals surface area (Å²) in [5.41, 5.74) is 1.72. The molecule has 1 aliphatic heterocycles. The molecule has 0 spiro atoms. The van der Waals surface area contributed by atoms with E-state index in [0.29, 0.717) is 11.5 Å². The van der Waals surface area contributed by atoms with Gasteiger partial charge >= 0.3 is 0 Å². The van der Waals surface area contributed by atoms with Gasteiger partial charge < -0.3 is 5.32 Å². The van der Waals surface area contributed by atoms with Crippen molar-refractivity contribution in [3.8, 4) is 0 Å². The molecule has 1 fully saturated rings. The largest absolute Gasteiger partial charge is 0.314 e. The topological polar surface area (TPSA) is 15.3 Å². The van der Waals surface area contributed by atoms with E-state index < -0.39 is 0 Å². The summed E-state index contributed by atoms with van der Waals surface area (Å²) >= 11 is 3.49. The molecule has 1 aliphatic rings. The summed E-state index contributed by atoms with van der Waals surface area (Å²) in [5.74, 6) is 0. The molecule has 1 unspecified atom stereocenters. The van der Waals surface area contributed by atoms with Crippen LogP contribution in [0.25, 0.3) is 0 Å². The molecule has 0 bridgehead atoms. The van der Waals surface area contributed by atoms with Gasteiger partial charge in [-0.2, -0.15) is 0 Å². The molecule has 1 heterocycles.